The molecule has 1 aromatic heterocycles. The number of benzene rings is 1. The van der Waals surface area contributed by atoms with E-state index in [9.17, 15) is 4.79 Å². The number of ether oxygens (including phenoxy) is 1. The van der Waals surface area contributed by atoms with E-state index in [1.807, 2.05) is 0 Å². The SMILES string of the molecule is CC(=O)OCCc1nc2ccc(N3CCN(C)CC3)cc2[nH]1. The Labute approximate surface area is 130 Å². The fourth-order valence-corrected chi connectivity index (χ4v) is 2.72. The van der Waals surface area contributed by atoms with Crippen LogP contribution in [0.2, 0.25) is 0 Å². The minimum atomic E-state index is -0.256. The van der Waals surface area contributed by atoms with E-state index < -0.39 is 0 Å². The van der Waals surface area contributed by atoms with Crippen molar-refractivity contribution in [3.63, 3.8) is 0 Å². The van der Waals surface area contributed by atoms with Crippen molar-refractivity contribution in [3.8, 4) is 0 Å². The molecule has 0 aliphatic carbocycles. The lowest BCUT2D eigenvalue weighted by Crippen LogP contribution is -2.44. The third-order valence-corrected chi connectivity index (χ3v) is 4.03. The number of hydrogen-bond acceptors (Lipinski definition) is 5. The van der Waals surface area contributed by atoms with E-state index >= 15 is 0 Å². The summed E-state index contributed by atoms with van der Waals surface area (Å²) in [6, 6.07) is 6.34. The number of fused-ring (bicyclic) bond motifs is 1. The van der Waals surface area contributed by atoms with Gasteiger partial charge in [-0.2, -0.15) is 0 Å². The molecule has 1 fully saturated rings. The molecular formula is C16H22N4O2. The van der Waals surface area contributed by atoms with E-state index in [0.29, 0.717) is 13.0 Å². The van der Waals surface area contributed by atoms with Crippen molar-refractivity contribution in [2.75, 3.05) is 44.7 Å². The normalized spacial score (nSPS) is 16.2. The highest BCUT2D eigenvalue weighted by Gasteiger charge is 2.15. The molecule has 1 aliphatic rings. The van der Waals surface area contributed by atoms with Gasteiger partial charge in [0.05, 0.1) is 17.6 Å². The number of anilines is 1. The summed E-state index contributed by atoms with van der Waals surface area (Å²) in [6.07, 6.45) is 0.609. The highest BCUT2D eigenvalue weighted by atomic mass is 16.5. The zero-order valence-corrected chi connectivity index (χ0v) is 13.1. The van der Waals surface area contributed by atoms with Crippen molar-refractivity contribution in [2.45, 2.75) is 13.3 Å². The topological polar surface area (TPSA) is 61.5 Å². The number of likely N-dealkylation sites (N-methyl/N-ethyl adjacent to an activating group) is 1. The van der Waals surface area contributed by atoms with E-state index in [1.165, 1.54) is 12.6 Å². The second-order valence-electron chi connectivity index (χ2n) is 5.77. The quantitative estimate of drug-likeness (QED) is 0.866. The molecule has 2 heterocycles. The van der Waals surface area contributed by atoms with E-state index in [1.54, 1.807) is 0 Å². The second kappa shape index (κ2) is 6.36. The first-order valence-corrected chi connectivity index (χ1v) is 7.67. The van der Waals surface area contributed by atoms with E-state index in [-0.39, 0.29) is 5.97 Å². The van der Waals surface area contributed by atoms with Crippen LogP contribution in [0.15, 0.2) is 18.2 Å². The van der Waals surface area contributed by atoms with Gasteiger partial charge in [-0.05, 0) is 25.2 Å². The first kappa shape index (κ1) is 14.8. The van der Waals surface area contributed by atoms with Gasteiger partial charge in [0.15, 0.2) is 0 Å². The van der Waals surface area contributed by atoms with Gasteiger partial charge < -0.3 is 19.5 Å². The number of imidazole rings is 1. The number of hydrogen-bond donors (Lipinski definition) is 1. The van der Waals surface area contributed by atoms with E-state index in [0.717, 1.165) is 43.0 Å². The smallest absolute Gasteiger partial charge is 0.302 e. The van der Waals surface area contributed by atoms with Crippen LogP contribution in [-0.2, 0) is 16.0 Å². The molecule has 22 heavy (non-hydrogen) atoms. The Kier molecular flexibility index (Phi) is 4.29. The number of esters is 1. The maximum absolute atomic E-state index is 10.8. The average molecular weight is 302 g/mol. The first-order valence-electron chi connectivity index (χ1n) is 7.67. The molecule has 1 aromatic carbocycles. The van der Waals surface area contributed by atoms with Gasteiger partial charge in [-0.25, -0.2) is 4.98 Å². The van der Waals surface area contributed by atoms with Crippen molar-refractivity contribution < 1.29 is 9.53 Å². The standard InChI is InChI=1S/C16H22N4O2/c1-12(21)22-10-5-16-17-14-4-3-13(11-15(14)18-16)20-8-6-19(2)7-9-20/h3-4,11H,5-10H2,1-2H3,(H,17,18). The maximum atomic E-state index is 10.8. The summed E-state index contributed by atoms with van der Waals surface area (Å²) in [6.45, 7) is 6.07. The lowest BCUT2D eigenvalue weighted by atomic mass is 10.2. The number of nitrogens with zero attached hydrogens (tertiary/aromatic N) is 3. The predicted molar refractivity (Wildman–Crippen MR) is 86.1 cm³/mol. The van der Waals surface area contributed by atoms with Crippen LogP contribution in [0, 0.1) is 0 Å². The number of piperazine rings is 1. The second-order valence-corrected chi connectivity index (χ2v) is 5.77. The molecule has 0 radical (unpaired) electrons. The zero-order chi connectivity index (χ0) is 15.5. The molecule has 1 saturated heterocycles. The highest BCUT2D eigenvalue weighted by molar-refractivity contribution is 5.79. The number of aromatic nitrogens is 2. The van der Waals surface area contributed by atoms with Crippen LogP contribution >= 0.6 is 0 Å². The molecule has 118 valence electrons. The minimum Gasteiger partial charge on any atom is -0.465 e. The van der Waals surface area contributed by atoms with Crippen molar-refractivity contribution in [3.05, 3.63) is 24.0 Å². The minimum absolute atomic E-state index is 0.256. The number of rotatable bonds is 4. The van der Waals surface area contributed by atoms with Crippen molar-refractivity contribution >= 4 is 22.7 Å². The highest BCUT2D eigenvalue weighted by Crippen LogP contribution is 2.22. The molecule has 0 unspecified atom stereocenters. The summed E-state index contributed by atoms with van der Waals surface area (Å²) >= 11 is 0. The Morgan fingerprint density at radius 1 is 1.32 bits per heavy atom. The molecule has 0 spiro atoms. The molecule has 0 saturated carbocycles. The average Bonchev–Trinajstić information content (AvgIpc) is 2.89. The molecular weight excluding hydrogens is 280 g/mol. The van der Waals surface area contributed by atoms with Crippen molar-refractivity contribution in [2.24, 2.45) is 0 Å². The lowest BCUT2D eigenvalue weighted by molar-refractivity contribution is -0.140. The van der Waals surface area contributed by atoms with Gasteiger partial charge >= 0.3 is 5.97 Å². The number of aromatic amines is 1. The van der Waals surface area contributed by atoms with Gasteiger partial charge in [0.1, 0.15) is 5.82 Å². The third-order valence-electron chi connectivity index (χ3n) is 4.03. The van der Waals surface area contributed by atoms with Crippen molar-refractivity contribution in [1.82, 2.24) is 14.9 Å². The molecule has 1 N–H and O–H groups in total. The lowest BCUT2D eigenvalue weighted by Gasteiger charge is -2.34. The Balaban J connectivity index is 1.71. The number of carbonyl (C=O) groups excluding carboxylic acids is 1. The molecule has 1 aliphatic heterocycles. The number of H-pyrrole nitrogens is 1. The van der Waals surface area contributed by atoms with Gasteiger partial charge in [-0.1, -0.05) is 0 Å². The Morgan fingerprint density at radius 3 is 2.82 bits per heavy atom. The maximum Gasteiger partial charge on any atom is 0.302 e. The summed E-state index contributed by atoms with van der Waals surface area (Å²) in [5.74, 6) is 0.597. The van der Waals surface area contributed by atoms with Crippen LogP contribution < -0.4 is 4.90 Å². The molecule has 6 nitrogen and oxygen atoms in total. The van der Waals surface area contributed by atoms with E-state index in [4.69, 9.17) is 4.74 Å². The van der Waals surface area contributed by atoms with E-state index in [2.05, 4.69) is 45.0 Å². The monoisotopic (exact) mass is 302 g/mol. The largest absolute Gasteiger partial charge is 0.465 e. The summed E-state index contributed by atoms with van der Waals surface area (Å²) in [4.78, 5) is 23.4. The van der Waals surface area contributed by atoms with Crippen LogP contribution in [0.5, 0.6) is 0 Å². The molecule has 0 amide bonds. The summed E-state index contributed by atoms with van der Waals surface area (Å²) in [5.41, 5.74) is 3.22. The molecule has 6 heteroatoms. The predicted octanol–water partition coefficient (Wildman–Crippen LogP) is 1.42. The first-order chi connectivity index (χ1) is 10.6. The van der Waals surface area contributed by atoms with Crippen LogP contribution in [0.25, 0.3) is 11.0 Å². The summed E-state index contributed by atoms with van der Waals surface area (Å²) in [7, 11) is 2.16. The van der Waals surface area contributed by atoms with Gasteiger partial charge in [0.25, 0.3) is 0 Å². The molecule has 2 aromatic rings. The fraction of sp³-hybridized carbons (Fsp3) is 0.500. The zero-order valence-electron chi connectivity index (χ0n) is 13.1. The number of nitrogens with one attached hydrogen (secondary N) is 1. The molecule has 0 atom stereocenters. The van der Waals surface area contributed by atoms with Crippen molar-refractivity contribution in [1.29, 1.82) is 0 Å². The van der Waals surface area contributed by atoms with Gasteiger partial charge in [-0.15, -0.1) is 0 Å². The molecule has 0 bridgehead atoms. The number of carbonyl (C=O) groups is 1. The Bertz CT molecular complexity index is 659. The Morgan fingerprint density at radius 2 is 2.09 bits per heavy atom. The Hall–Kier alpha value is -2.08. The van der Waals surface area contributed by atoms with Crippen LogP contribution in [0.1, 0.15) is 12.7 Å². The summed E-state index contributed by atoms with van der Waals surface area (Å²) in [5, 5.41) is 0. The van der Waals surface area contributed by atoms with Crippen LogP contribution in [0.4, 0.5) is 5.69 Å². The fourth-order valence-electron chi connectivity index (χ4n) is 2.72. The van der Waals surface area contributed by atoms with Crippen LogP contribution in [-0.4, -0.2) is 60.7 Å². The molecule has 3 rings (SSSR count). The van der Waals surface area contributed by atoms with Gasteiger partial charge in [0, 0.05) is 45.2 Å². The summed E-state index contributed by atoms with van der Waals surface area (Å²) < 4.78 is 4.96. The van der Waals surface area contributed by atoms with Crippen LogP contribution in [0.3, 0.4) is 0 Å². The van der Waals surface area contributed by atoms with Gasteiger partial charge in [-0.3, -0.25) is 4.79 Å². The van der Waals surface area contributed by atoms with Gasteiger partial charge in [0.2, 0.25) is 0 Å². The third kappa shape index (κ3) is 3.39.